The molecule has 28 heavy (non-hydrogen) atoms. The van der Waals surface area contributed by atoms with Crippen LogP contribution >= 0.6 is 0 Å². The Labute approximate surface area is 164 Å². The summed E-state index contributed by atoms with van der Waals surface area (Å²) in [6, 6.07) is 5.10. The molecule has 0 spiro atoms. The highest BCUT2D eigenvalue weighted by Crippen LogP contribution is 2.27. The number of carbonyl (C=O) groups is 3. The zero-order valence-electron chi connectivity index (χ0n) is 16.6. The molecule has 1 rings (SSSR count). The van der Waals surface area contributed by atoms with E-state index in [9.17, 15) is 19.6 Å². The van der Waals surface area contributed by atoms with Crippen LogP contribution in [0.3, 0.4) is 0 Å². The molecule has 0 saturated carbocycles. The molecule has 0 aromatic heterocycles. The zero-order valence-corrected chi connectivity index (χ0v) is 16.6. The average molecular weight is 395 g/mol. The third kappa shape index (κ3) is 7.83. The van der Waals surface area contributed by atoms with Gasteiger partial charge in [0.1, 0.15) is 0 Å². The monoisotopic (exact) mass is 395 g/mol. The number of unbranched alkanes of at least 4 members (excludes halogenated alkanes) is 2. The minimum absolute atomic E-state index is 0.0294. The lowest BCUT2D eigenvalue weighted by atomic mass is 10.0. The predicted octanol–water partition coefficient (Wildman–Crippen LogP) is 1.44. The fraction of sp³-hybridized carbons (Fsp3) is 0.526. The minimum Gasteiger partial charge on any atom is -0.493 e. The van der Waals surface area contributed by atoms with Gasteiger partial charge in [0.15, 0.2) is 11.5 Å². The lowest BCUT2D eigenvalue weighted by Crippen LogP contribution is -2.47. The summed E-state index contributed by atoms with van der Waals surface area (Å²) in [5.74, 6) is -0.437. The van der Waals surface area contributed by atoms with Crippen molar-refractivity contribution in [3.05, 3.63) is 23.8 Å². The summed E-state index contributed by atoms with van der Waals surface area (Å²) in [6.07, 6.45) is 3.46. The van der Waals surface area contributed by atoms with Gasteiger partial charge in [-0.25, -0.2) is 5.06 Å². The number of methoxy groups -OCH3 is 2. The van der Waals surface area contributed by atoms with Crippen molar-refractivity contribution in [2.45, 2.75) is 39.0 Å². The van der Waals surface area contributed by atoms with E-state index in [0.717, 1.165) is 19.3 Å². The molecule has 1 aromatic carbocycles. The number of carbonyl (C=O) groups excluding carboxylic acids is 3. The Hall–Kier alpha value is -2.81. The largest absolute Gasteiger partial charge is 0.493 e. The molecule has 9 nitrogen and oxygen atoms in total. The highest BCUT2D eigenvalue weighted by molar-refractivity contribution is 5.84. The van der Waals surface area contributed by atoms with E-state index in [1.807, 2.05) is 6.92 Å². The first-order chi connectivity index (χ1) is 13.4. The summed E-state index contributed by atoms with van der Waals surface area (Å²) in [7, 11) is 3.03. The van der Waals surface area contributed by atoms with Crippen LogP contribution in [0.15, 0.2) is 18.2 Å². The number of nitrogens with zero attached hydrogens (tertiary/aromatic N) is 1. The topological polar surface area (TPSA) is 117 Å². The van der Waals surface area contributed by atoms with E-state index in [-0.39, 0.29) is 19.4 Å². The van der Waals surface area contributed by atoms with Crippen molar-refractivity contribution in [1.29, 1.82) is 0 Å². The molecule has 0 aliphatic carbocycles. The summed E-state index contributed by atoms with van der Waals surface area (Å²) in [4.78, 5) is 35.0. The smallest absolute Gasteiger partial charge is 0.243 e. The number of hydroxylamine groups is 2. The lowest BCUT2D eigenvalue weighted by molar-refractivity contribution is -0.155. The molecule has 156 valence electrons. The molecule has 1 atom stereocenters. The van der Waals surface area contributed by atoms with Gasteiger partial charge in [-0.1, -0.05) is 32.3 Å². The van der Waals surface area contributed by atoms with Gasteiger partial charge in [-0.05, 0) is 24.1 Å². The van der Waals surface area contributed by atoms with Crippen molar-refractivity contribution in [2.75, 3.05) is 20.8 Å². The van der Waals surface area contributed by atoms with Gasteiger partial charge in [0.25, 0.3) is 0 Å². The molecule has 0 heterocycles. The van der Waals surface area contributed by atoms with Crippen molar-refractivity contribution in [3.63, 3.8) is 0 Å². The molecule has 3 N–H and O–H groups in total. The highest BCUT2D eigenvalue weighted by Gasteiger charge is 2.21. The summed E-state index contributed by atoms with van der Waals surface area (Å²) >= 11 is 0. The number of rotatable bonds is 12. The van der Waals surface area contributed by atoms with Crippen LogP contribution in [0.1, 0.15) is 38.2 Å². The van der Waals surface area contributed by atoms with Crippen molar-refractivity contribution < 1.29 is 29.1 Å². The summed E-state index contributed by atoms with van der Waals surface area (Å²) in [6.45, 7) is 1.90. The maximum Gasteiger partial charge on any atom is 0.243 e. The Morgan fingerprint density at radius 3 is 2.50 bits per heavy atom. The lowest BCUT2D eigenvalue weighted by Gasteiger charge is -2.19. The molecule has 0 unspecified atom stereocenters. The third-order valence-electron chi connectivity index (χ3n) is 4.19. The van der Waals surface area contributed by atoms with Gasteiger partial charge in [0.05, 0.1) is 33.1 Å². The van der Waals surface area contributed by atoms with Crippen molar-refractivity contribution in [3.8, 4) is 11.5 Å². The number of benzene rings is 1. The van der Waals surface area contributed by atoms with Crippen LogP contribution in [0, 0.1) is 5.92 Å². The first kappa shape index (κ1) is 23.2. The van der Waals surface area contributed by atoms with Gasteiger partial charge in [0.2, 0.25) is 18.2 Å². The Morgan fingerprint density at radius 1 is 1.18 bits per heavy atom. The molecule has 3 amide bonds. The van der Waals surface area contributed by atoms with Gasteiger partial charge in [-0.3, -0.25) is 30.4 Å². The van der Waals surface area contributed by atoms with Crippen LogP contribution in [0.5, 0.6) is 11.5 Å². The number of hydrogen-bond donors (Lipinski definition) is 3. The highest BCUT2D eigenvalue weighted by atomic mass is 16.5. The second-order valence-corrected chi connectivity index (χ2v) is 6.32. The van der Waals surface area contributed by atoms with E-state index in [0.29, 0.717) is 28.5 Å². The van der Waals surface area contributed by atoms with Crippen LogP contribution in [0.2, 0.25) is 0 Å². The first-order valence-electron chi connectivity index (χ1n) is 9.15. The molecule has 0 fully saturated rings. The van der Waals surface area contributed by atoms with Crippen LogP contribution in [0.4, 0.5) is 0 Å². The fourth-order valence-electron chi connectivity index (χ4n) is 2.67. The second-order valence-electron chi connectivity index (χ2n) is 6.32. The second kappa shape index (κ2) is 12.6. The Kier molecular flexibility index (Phi) is 10.4. The number of ether oxygens (including phenoxy) is 2. The first-order valence-corrected chi connectivity index (χ1v) is 9.15. The predicted molar refractivity (Wildman–Crippen MR) is 102 cm³/mol. The Balaban J connectivity index is 2.60. The van der Waals surface area contributed by atoms with Gasteiger partial charge in [-0.15, -0.1) is 0 Å². The number of hydrogen-bond acceptors (Lipinski definition) is 6. The summed E-state index contributed by atoms with van der Waals surface area (Å²) in [5, 5.41) is 9.81. The van der Waals surface area contributed by atoms with Gasteiger partial charge in [-0.2, -0.15) is 0 Å². The van der Waals surface area contributed by atoms with Crippen molar-refractivity contribution in [2.24, 2.45) is 5.92 Å². The van der Waals surface area contributed by atoms with Crippen LogP contribution in [-0.4, -0.2) is 49.3 Å². The normalized spacial score (nSPS) is 11.3. The standard InChI is InChI=1S/C19H29N3O6/c1-4-5-6-7-15(12-22(26)13-23)19(25)21-20-18(24)11-14-8-9-16(27-2)17(10-14)28-3/h8-10,13,15,26H,4-7,11-12H2,1-3H3,(H,20,24)(H,21,25)/t15-/m1/s1. The Morgan fingerprint density at radius 2 is 1.89 bits per heavy atom. The summed E-state index contributed by atoms with van der Waals surface area (Å²) < 4.78 is 10.4. The van der Waals surface area contributed by atoms with E-state index < -0.39 is 17.7 Å². The van der Waals surface area contributed by atoms with Crippen molar-refractivity contribution >= 4 is 18.2 Å². The fourth-order valence-corrected chi connectivity index (χ4v) is 2.67. The van der Waals surface area contributed by atoms with E-state index >= 15 is 0 Å². The van der Waals surface area contributed by atoms with E-state index in [1.165, 1.54) is 14.2 Å². The molecule has 0 bridgehead atoms. The van der Waals surface area contributed by atoms with Crippen LogP contribution < -0.4 is 20.3 Å². The van der Waals surface area contributed by atoms with Gasteiger partial charge >= 0.3 is 0 Å². The molecule has 0 aliphatic heterocycles. The number of hydrazine groups is 1. The Bertz CT molecular complexity index is 653. The number of nitrogens with one attached hydrogen (secondary N) is 2. The summed E-state index contributed by atoms with van der Waals surface area (Å²) in [5.41, 5.74) is 5.41. The van der Waals surface area contributed by atoms with Crippen LogP contribution in [0.25, 0.3) is 0 Å². The molecular weight excluding hydrogens is 366 g/mol. The van der Waals surface area contributed by atoms with E-state index in [2.05, 4.69) is 10.9 Å². The molecular formula is C19H29N3O6. The maximum atomic E-state index is 12.3. The average Bonchev–Trinajstić information content (AvgIpc) is 2.71. The molecule has 0 aliphatic rings. The van der Waals surface area contributed by atoms with E-state index in [1.54, 1.807) is 18.2 Å². The van der Waals surface area contributed by atoms with E-state index in [4.69, 9.17) is 9.47 Å². The maximum absolute atomic E-state index is 12.3. The SMILES string of the molecule is CCCCC[C@H](CN(O)C=O)C(=O)NNC(=O)Cc1ccc(OC)c(OC)c1. The number of amides is 3. The van der Waals surface area contributed by atoms with Crippen LogP contribution in [-0.2, 0) is 20.8 Å². The zero-order chi connectivity index (χ0) is 20.9. The van der Waals surface area contributed by atoms with Gasteiger partial charge < -0.3 is 9.47 Å². The third-order valence-corrected chi connectivity index (χ3v) is 4.19. The quantitative estimate of drug-likeness (QED) is 0.213. The molecule has 0 radical (unpaired) electrons. The molecule has 1 aromatic rings. The van der Waals surface area contributed by atoms with Crippen molar-refractivity contribution in [1.82, 2.24) is 15.9 Å². The minimum atomic E-state index is -0.622. The molecule has 9 heteroatoms. The van der Waals surface area contributed by atoms with Gasteiger partial charge in [0, 0.05) is 0 Å². The molecule has 0 saturated heterocycles.